The average molecular weight is 469 g/mol. The smallest absolute Gasteiger partial charge is 0.151 e. The lowest BCUT2D eigenvalue weighted by Crippen LogP contribution is -2.22. The summed E-state index contributed by atoms with van der Waals surface area (Å²) >= 11 is 6.23. The van der Waals surface area contributed by atoms with E-state index < -0.39 is 18.1 Å². The number of halogens is 3. The molecule has 0 saturated carbocycles. The zero-order chi connectivity index (χ0) is 23.1. The van der Waals surface area contributed by atoms with E-state index in [4.69, 9.17) is 16.9 Å². The second-order valence-corrected chi connectivity index (χ2v) is 7.87. The van der Waals surface area contributed by atoms with Crippen molar-refractivity contribution in [1.82, 2.24) is 24.7 Å². The van der Waals surface area contributed by atoms with Gasteiger partial charge in [0.25, 0.3) is 0 Å². The first-order valence-electron chi connectivity index (χ1n) is 9.82. The number of β-amino-alcohol motifs (C(OH)–C–C–N with tert-alkyl or cyclic N) is 1. The van der Waals surface area contributed by atoms with Crippen LogP contribution < -0.4 is 10.2 Å². The summed E-state index contributed by atoms with van der Waals surface area (Å²) in [5.41, 5.74) is 0.640. The van der Waals surface area contributed by atoms with Crippen LogP contribution in [-0.2, 0) is 0 Å². The van der Waals surface area contributed by atoms with E-state index in [9.17, 15) is 13.9 Å². The Balaban J connectivity index is 1.47. The maximum atomic E-state index is 14.7. The third-order valence-corrected chi connectivity index (χ3v) is 5.55. The number of hydrogen-bond acceptors (Lipinski definition) is 8. The van der Waals surface area contributed by atoms with E-state index in [1.807, 2.05) is 6.07 Å². The van der Waals surface area contributed by atoms with Crippen molar-refractivity contribution in [2.75, 3.05) is 23.3 Å². The molecule has 3 aromatic heterocycles. The molecule has 1 saturated heterocycles. The highest BCUT2D eigenvalue weighted by Crippen LogP contribution is 2.29. The van der Waals surface area contributed by atoms with Crippen LogP contribution in [0, 0.1) is 17.1 Å². The maximum absolute atomic E-state index is 14.7. The van der Waals surface area contributed by atoms with E-state index in [0.717, 1.165) is 6.07 Å². The van der Waals surface area contributed by atoms with Gasteiger partial charge in [-0.1, -0.05) is 11.6 Å². The molecule has 4 aromatic rings. The van der Waals surface area contributed by atoms with Gasteiger partial charge in [-0.15, -0.1) is 0 Å². The van der Waals surface area contributed by atoms with Gasteiger partial charge in [-0.05, 0) is 12.1 Å². The highest BCUT2D eigenvalue weighted by molar-refractivity contribution is 6.32. The molecule has 0 radical (unpaired) electrons. The van der Waals surface area contributed by atoms with Crippen molar-refractivity contribution in [1.29, 1.82) is 5.26 Å². The second kappa shape index (κ2) is 8.23. The molecule has 9 nitrogen and oxygen atoms in total. The van der Waals surface area contributed by atoms with Crippen LogP contribution >= 0.6 is 11.6 Å². The summed E-state index contributed by atoms with van der Waals surface area (Å²) in [6.07, 6.45) is 2.01. The zero-order valence-corrected chi connectivity index (χ0v) is 17.6. The molecule has 2 unspecified atom stereocenters. The number of nitriles is 1. The number of aromatic nitrogens is 5. The number of pyridine rings is 1. The van der Waals surface area contributed by atoms with Crippen molar-refractivity contribution < 1.29 is 13.9 Å². The molecule has 33 heavy (non-hydrogen) atoms. The van der Waals surface area contributed by atoms with Crippen LogP contribution in [-0.4, -0.2) is 55.2 Å². The first kappa shape index (κ1) is 21.0. The molecular weight excluding hydrogens is 454 g/mol. The lowest BCUT2D eigenvalue weighted by Gasteiger charge is -2.16. The predicted octanol–water partition coefficient (Wildman–Crippen LogP) is 3.14. The molecule has 166 valence electrons. The van der Waals surface area contributed by atoms with Crippen LogP contribution in [0.25, 0.3) is 16.6 Å². The Hall–Kier alpha value is -3.88. The fraction of sp³-hybridized carbons (Fsp3) is 0.190. The molecule has 0 amide bonds. The molecular formula is C21H15ClF2N8O. The standard InChI is InChI=1S/C21H15ClF2N8O/c22-13-1-11(5-25)2-14(23)21(13)32-16-3-18(26-6-12(16)7-29-32)30-19-4-20(28-10-27-19)31-8-15(24)17(33)9-31/h1-4,6-7,10,15,17,33H,8-9H2,(H,26,27,28,30). The molecule has 0 aliphatic carbocycles. The Morgan fingerprint density at radius 2 is 1.94 bits per heavy atom. The largest absolute Gasteiger partial charge is 0.388 e. The first-order chi connectivity index (χ1) is 15.9. The Morgan fingerprint density at radius 3 is 2.67 bits per heavy atom. The SMILES string of the molecule is N#Cc1cc(F)c(-n2ncc3cnc(Nc4cc(N5CC(O)C(F)C5)ncn4)cc32)c(Cl)c1. The van der Waals surface area contributed by atoms with Gasteiger partial charge in [-0.3, -0.25) is 0 Å². The molecule has 2 N–H and O–H groups in total. The Bertz CT molecular complexity index is 1370. The van der Waals surface area contributed by atoms with Crippen molar-refractivity contribution in [3.8, 4) is 11.8 Å². The normalized spacial score (nSPS) is 18.0. The number of anilines is 3. The van der Waals surface area contributed by atoms with Gasteiger partial charge >= 0.3 is 0 Å². The van der Waals surface area contributed by atoms with Gasteiger partial charge in [0.2, 0.25) is 0 Å². The minimum atomic E-state index is -1.34. The average Bonchev–Trinajstić information content (AvgIpc) is 3.36. The maximum Gasteiger partial charge on any atom is 0.151 e. The van der Waals surface area contributed by atoms with Crippen LogP contribution in [0.2, 0.25) is 5.02 Å². The predicted molar refractivity (Wildman–Crippen MR) is 117 cm³/mol. The fourth-order valence-electron chi connectivity index (χ4n) is 3.65. The molecule has 1 aliphatic rings. The second-order valence-electron chi connectivity index (χ2n) is 7.46. The Labute approximate surface area is 190 Å². The number of nitrogens with zero attached hydrogens (tertiary/aromatic N) is 7. The van der Waals surface area contributed by atoms with Crippen LogP contribution in [0.3, 0.4) is 0 Å². The van der Waals surface area contributed by atoms with Crippen molar-refractivity contribution in [2.45, 2.75) is 12.3 Å². The van der Waals surface area contributed by atoms with Crippen LogP contribution in [0.1, 0.15) is 5.56 Å². The van der Waals surface area contributed by atoms with Gasteiger partial charge in [-0.2, -0.15) is 10.4 Å². The lowest BCUT2D eigenvalue weighted by atomic mass is 10.2. The summed E-state index contributed by atoms with van der Waals surface area (Å²) < 4.78 is 29.7. The van der Waals surface area contributed by atoms with Crippen molar-refractivity contribution >= 4 is 40.0 Å². The first-order valence-corrected chi connectivity index (χ1v) is 10.2. The van der Waals surface area contributed by atoms with E-state index in [2.05, 4.69) is 25.4 Å². The number of rotatable bonds is 4. The Kier molecular flexibility index (Phi) is 5.24. The number of alkyl halides is 1. The van der Waals surface area contributed by atoms with E-state index in [1.54, 1.807) is 23.2 Å². The van der Waals surface area contributed by atoms with Crippen molar-refractivity contribution in [3.05, 3.63) is 59.4 Å². The number of fused-ring (bicyclic) bond motifs is 1. The molecule has 1 aromatic carbocycles. The molecule has 12 heteroatoms. The van der Waals surface area contributed by atoms with Gasteiger partial charge in [0, 0.05) is 30.3 Å². The van der Waals surface area contributed by atoms with Crippen LogP contribution in [0.15, 0.2) is 43.0 Å². The Morgan fingerprint density at radius 1 is 1.12 bits per heavy atom. The summed E-state index contributed by atoms with van der Waals surface area (Å²) in [5.74, 6) is 0.570. The molecule has 4 heterocycles. The third kappa shape index (κ3) is 3.90. The zero-order valence-electron chi connectivity index (χ0n) is 16.8. The number of nitrogens with one attached hydrogen (secondary N) is 1. The van der Waals surface area contributed by atoms with Crippen molar-refractivity contribution in [3.63, 3.8) is 0 Å². The van der Waals surface area contributed by atoms with Gasteiger partial charge in [0.05, 0.1) is 34.9 Å². The number of aliphatic hydroxyl groups excluding tert-OH is 1. The van der Waals surface area contributed by atoms with E-state index >= 15 is 0 Å². The van der Waals surface area contributed by atoms with E-state index in [-0.39, 0.29) is 29.4 Å². The summed E-state index contributed by atoms with van der Waals surface area (Å²) in [6, 6.07) is 7.58. The molecule has 0 spiro atoms. The highest BCUT2D eigenvalue weighted by Gasteiger charge is 2.32. The number of aliphatic hydroxyl groups is 1. The molecule has 0 bridgehead atoms. The molecule has 1 aliphatic heterocycles. The topological polar surface area (TPSA) is 116 Å². The third-order valence-electron chi connectivity index (χ3n) is 5.26. The molecule has 5 rings (SSSR count). The minimum absolute atomic E-state index is 0.0144. The summed E-state index contributed by atoms with van der Waals surface area (Å²) in [7, 11) is 0. The molecule has 1 fully saturated rings. The van der Waals surface area contributed by atoms with E-state index in [1.165, 1.54) is 23.3 Å². The van der Waals surface area contributed by atoms with Gasteiger partial charge < -0.3 is 15.3 Å². The summed E-state index contributed by atoms with van der Waals surface area (Å²) in [4.78, 5) is 14.3. The highest BCUT2D eigenvalue weighted by atomic mass is 35.5. The van der Waals surface area contributed by atoms with Gasteiger partial charge in [0.15, 0.2) is 5.82 Å². The number of hydrogen-bond donors (Lipinski definition) is 2. The van der Waals surface area contributed by atoms with Crippen molar-refractivity contribution in [2.24, 2.45) is 0 Å². The summed E-state index contributed by atoms with van der Waals surface area (Å²) in [5, 5.41) is 26.6. The van der Waals surface area contributed by atoms with Crippen LogP contribution in [0.5, 0.6) is 0 Å². The lowest BCUT2D eigenvalue weighted by molar-refractivity contribution is 0.118. The minimum Gasteiger partial charge on any atom is -0.388 e. The quantitative estimate of drug-likeness (QED) is 0.469. The van der Waals surface area contributed by atoms with Gasteiger partial charge in [0.1, 0.15) is 41.7 Å². The van der Waals surface area contributed by atoms with Gasteiger partial charge in [-0.25, -0.2) is 28.4 Å². The number of benzene rings is 1. The summed E-state index contributed by atoms with van der Waals surface area (Å²) in [6.45, 7) is 0.176. The molecule has 2 atom stereocenters. The van der Waals surface area contributed by atoms with Crippen LogP contribution in [0.4, 0.5) is 26.2 Å². The fourth-order valence-corrected chi connectivity index (χ4v) is 3.94. The monoisotopic (exact) mass is 468 g/mol. The van der Waals surface area contributed by atoms with E-state index in [0.29, 0.717) is 28.4 Å².